The van der Waals surface area contributed by atoms with Crippen molar-refractivity contribution >= 4 is 17.5 Å². The lowest BCUT2D eigenvalue weighted by Crippen LogP contribution is -2.26. The van der Waals surface area contributed by atoms with Gasteiger partial charge in [-0.25, -0.2) is 0 Å². The standard InChI is InChI=1S/C18H16ClN3O2/c1-12-2-6-14(7-3-12)17-21-22-18(24-17)16(23)20-11-10-13-4-8-15(19)9-5-13/h2-9H,10-11H2,1H3,(H,20,23). The lowest BCUT2D eigenvalue weighted by molar-refractivity contribution is 0.0920. The Morgan fingerprint density at radius 3 is 2.50 bits per heavy atom. The van der Waals surface area contributed by atoms with Crippen LogP contribution in [0.3, 0.4) is 0 Å². The number of nitrogens with zero attached hydrogens (tertiary/aromatic N) is 2. The third-order valence-electron chi connectivity index (χ3n) is 3.53. The molecular weight excluding hydrogens is 326 g/mol. The fourth-order valence-electron chi connectivity index (χ4n) is 2.17. The third kappa shape index (κ3) is 4.00. The van der Waals surface area contributed by atoms with Gasteiger partial charge in [-0.1, -0.05) is 41.4 Å². The van der Waals surface area contributed by atoms with Crippen molar-refractivity contribution in [3.05, 3.63) is 70.6 Å². The highest BCUT2D eigenvalue weighted by Crippen LogP contribution is 2.18. The summed E-state index contributed by atoms with van der Waals surface area (Å²) in [7, 11) is 0. The van der Waals surface area contributed by atoms with Gasteiger partial charge in [0, 0.05) is 17.1 Å². The second-order valence-corrected chi connectivity index (χ2v) is 5.85. The molecule has 0 radical (unpaired) electrons. The molecule has 1 amide bonds. The van der Waals surface area contributed by atoms with Crippen LogP contribution in [0.2, 0.25) is 5.02 Å². The zero-order valence-corrected chi connectivity index (χ0v) is 13.9. The van der Waals surface area contributed by atoms with Gasteiger partial charge in [0.05, 0.1) is 0 Å². The minimum Gasteiger partial charge on any atom is -0.412 e. The van der Waals surface area contributed by atoms with E-state index in [9.17, 15) is 4.79 Å². The van der Waals surface area contributed by atoms with E-state index >= 15 is 0 Å². The van der Waals surface area contributed by atoms with Gasteiger partial charge in [0.1, 0.15) is 0 Å². The average molecular weight is 342 g/mol. The Kier molecular flexibility index (Phi) is 4.91. The minimum absolute atomic E-state index is 0.0401. The molecule has 3 aromatic rings. The number of nitrogens with one attached hydrogen (secondary N) is 1. The van der Waals surface area contributed by atoms with Crippen molar-refractivity contribution in [3.8, 4) is 11.5 Å². The second-order valence-electron chi connectivity index (χ2n) is 5.41. The molecule has 24 heavy (non-hydrogen) atoms. The summed E-state index contributed by atoms with van der Waals surface area (Å²) < 4.78 is 5.44. The minimum atomic E-state index is -0.380. The lowest BCUT2D eigenvalue weighted by Gasteiger charge is -2.03. The van der Waals surface area contributed by atoms with Gasteiger partial charge in [-0.2, -0.15) is 0 Å². The first-order chi connectivity index (χ1) is 11.6. The molecule has 122 valence electrons. The van der Waals surface area contributed by atoms with Crippen molar-refractivity contribution in [2.45, 2.75) is 13.3 Å². The summed E-state index contributed by atoms with van der Waals surface area (Å²) in [4.78, 5) is 12.1. The highest BCUT2D eigenvalue weighted by molar-refractivity contribution is 6.30. The number of hydrogen-bond donors (Lipinski definition) is 1. The molecule has 0 bridgehead atoms. The largest absolute Gasteiger partial charge is 0.412 e. The molecule has 0 fully saturated rings. The molecule has 0 aliphatic rings. The van der Waals surface area contributed by atoms with Gasteiger partial charge >= 0.3 is 11.8 Å². The molecule has 1 heterocycles. The maximum Gasteiger partial charge on any atom is 0.308 e. The number of aromatic nitrogens is 2. The van der Waals surface area contributed by atoms with Crippen molar-refractivity contribution in [1.82, 2.24) is 15.5 Å². The number of aryl methyl sites for hydroxylation is 1. The van der Waals surface area contributed by atoms with Crippen molar-refractivity contribution in [2.75, 3.05) is 6.54 Å². The molecule has 0 aliphatic heterocycles. The number of rotatable bonds is 5. The van der Waals surface area contributed by atoms with E-state index in [-0.39, 0.29) is 11.8 Å². The van der Waals surface area contributed by atoms with E-state index in [1.54, 1.807) is 0 Å². The van der Waals surface area contributed by atoms with Crippen LogP contribution in [0.5, 0.6) is 0 Å². The monoisotopic (exact) mass is 341 g/mol. The summed E-state index contributed by atoms with van der Waals surface area (Å²) in [5.41, 5.74) is 3.01. The summed E-state index contributed by atoms with van der Waals surface area (Å²) in [5.74, 6) is -0.0886. The number of carbonyl (C=O) groups is 1. The Bertz CT molecular complexity index is 826. The van der Waals surface area contributed by atoms with Crippen molar-refractivity contribution in [3.63, 3.8) is 0 Å². The number of halogens is 1. The summed E-state index contributed by atoms with van der Waals surface area (Å²) in [6.45, 7) is 2.47. The van der Waals surface area contributed by atoms with Gasteiger partial charge in [-0.05, 0) is 43.2 Å². The Hall–Kier alpha value is -2.66. The Morgan fingerprint density at radius 1 is 1.08 bits per heavy atom. The number of amides is 1. The first-order valence-corrected chi connectivity index (χ1v) is 7.93. The van der Waals surface area contributed by atoms with Crippen molar-refractivity contribution < 1.29 is 9.21 Å². The van der Waals surface area contributed by atoms with E-state index in [0.29, 0.717) is 23.9 Å². The number of benzene rings is 2. The quantitative estimate of drug-likeness (QED) is 0.768. The van der Waals surface area contributed by atoms with Gasteiger partial charge in [-0.15, -0.1) is 10.2 Å². The molecule has 0 saturated heterocycles. The molecule has 0 spiro atoms. The first-order valence-electron chi connectivity index (χ1n) is 7.55. The van der Waals surface area contributed by atoms with Crippen molar-refractivity contribution in [2.24, 2.45) is 0 Å². The van der Waals surface area contributed by atoms with E-state index in [1.165, 1.54) is 0 Å². The fraction of sp³-hybridized carbons (Fsp3) is 0.167. The van der Waals surface area contributed by atoms with Crippen LogP contribution in [0.1, 0.15) is 21.8 Å². The van der Waals surface area contributed by atoms with Crippen LogP contribution >= 0.6 is 11.6 Å². The SMILES string of the molecule is Cc1ccc(-c2nnc(C(=O)NCCc3ccc(Cl)cc3)o2)cc1. The van der Waals surface area contributed by atoms with Crippen molar-refractivity contribution in [1.29, 1.82) is 0 Å². The Labute approximate surface area is 144 Å². The Morgan fingerprint density at radius 2 is 1.79 bits per heavy atom. The summed E-state index contributed by atoms with van der Waals surface area (Å²) in [6, 6.07) is 15.2. The average Bonchev–Trinajstić information content (AvgIpc) is 3.07. The second kappa shape index (κ2) is 7.27. The molecule has 1 N–H and O–H groups in total. The van der Waals surface area contributed by atoms with Gasteiger partial charge in [0.15, 0.2) is 0 Å². The summed E-state index contributed by atoms with van der Waals surface area (Å²) >= 11 is 5.84. The highest BCUT2D eigenvalue weighted by atomic mass is 35.5. The predicted molar refractivity (Wildman–Crippen MR) is 92.0 cm³/mol. The zero-order valence-electron chi connectivity index (χ0n) is 13.1. The van der Waals surface area contributed by atoms with Gasteiger partial charge in [0.2, 0.25) is 5.89 Å². The van der Waals surface area contributed by atoms with E-state index in [4.69, 9.17) is 16.0 Å². The first kappa shape index (κ1) is 16.2. The van der Waals surface area contributed by atoms with E-state index in [2.05, 4.69) is 15.5 Å². The molecule has 1 aromatic heterocycles. The topological polar surface area (TPSA) is 68.0 Å². The normalized spacial score (nSPS) is 10.6. The molecule has 3 rings (SSSR count). The molecule has 0 atom stereocenters. The highest BCUT2D eigenvalue weighted by Gasteiger charge is 2.15. The zero-order chi connectivity index (χ0) is 16.9. The fourth-order valence-corrected chi connectivity index (χ4v) is 2.30. The maximum absolute atomic E-state index is 12.1. The van der Waals surface area contributed by atoms with Crippen LogP contribution in [0, 0.1) is 6.92 Å². The molecule has 0 unspecified atom stereocenters. The Balaban J connectivity index is 1.57. The third-order valence-corrected chi connectivity index (χ3v) is 3.78. The number of hydrogen-bond acceptors (Lipinski definition) is 4. The van der Waals surface area contributed by atoms with Gasteiger partial charge in [0.25, 0.3) is 0 Å². The van der Waals surface area contributed by atoms with Crippen LogP contribution < -0.4 is 5.32 Å². The molecule has 5 nitrogen and oxygen atoms in total. The smallest absolute Gasteiger partial charge is 0.308 e. The molecular formula is C18H16ClN3O2. The molecule has 0 saturated carbocycles. The summed E-state index contributed by atoms with van der Waals surface area (Å²) in [6.07, 6.45) is 0.696. The summed E-state index contributed by atoms with van der Waals surface area (Å²) in [5, 5.41) is 11.2. The van der Waals surface area contributed by atoms with Gasteiger partial charge < -0.3 is 9.73 Å². The van der Waals surface area contributed by atoms with Crippen LogP contribution in [-0.4, -0.2) is 22.6 Å². The van der Waals surface area contributed by atoms with E-state index in [1.807, 2.05) is 55.5 Å². The molecule has 0 aliphatic carbocycles. The van der Waals surface area contributed by atoms with Crippen LogP contribution in [-0.2, 0) is 6.42 Å². The van der Waals surface area contributed by atoms with Crippen LogP contribution in [0.25, 0.3) is 11.5 Å². The molecule has 6 heteroatoms. The number of carbonyl (C=O) groups excluding carboxylic acids is 1. The van der Waals surface area contributed by atoms with Crippen LogP contribution in [0.4, 0.5) is 0 Å². The van der Waals surface area contributed by atoms with Gasteiger partial charge in [-0.3, -0.25) is 4.79 Å². The maximum atomic E-state index is 12.1. The van der Waals surface area contributed by atoms with Crippen LogP contribution in [0.15, 0.2) is 52.9 Å². The predicted octanol–water partition coefficient (Wildman–Crippen LogP) is 3.67. The lowest BCUT2D eigenvalue weighted by atomic mass is 10.1. The van der Waals surface area contributed by atoms with E-state index in [0.717, 1.165) is 16.7 Å². The van der Waals surface area contributed by atoms with E-state index < -0.39 is 0 Å². The molecule has 2 aromatic carbocycles.